The van der Waals surface area contributed by atoms with E-state index in [9.17, 15) is 4.79 Å². The number of hydrogen-bond donors (Lipinski definition) is 2. The Morgan fingerprint density at radius 3 is 2.89 bits per heavy atom. The van der Waals surface area contributed by atoms with E-state index in [1.807, 2.05) is 12.1 Å². The van der Waals surface area contributed by atoms with Crippen LogP contribution < -0.4 is 11.1 Å². The normalized spacial score (nSPS) is 10.3. The summed E-state index contributed by atoms with van der Waals surface area (Å²) >= 11 is 0. The minimum atomic E-state index is -0.0315. The molecule has 5 nitrogen and oxygen atoms in total. The Balaban J connectivity index is 2.14. The number of nitrogen functional groups attached to an aromatic ring is 1. The third-order valence-corrected chi connectivity index (χ3v) is 2.32. The molecular weight excluding hydrogens is 232 g/mol. The zero-order valence-electron chi connectivity index (χ0n) is 10.6. The molecule has 0 spiro atoms. The fourth-order valence-electron chi connectivity index (χ4n) is 1.46. The highest BCUT2D eigenvalue weighted by Crippen LogP contribution is 2.06. The van der Waals surface area contributed by atoms with Crippen molar-refractivity contribution < 1.29 is 14.3 Å². The van der Waals surface area contributed by atoms with Crippen molar-refractivity contribution in [3.63, 3.8) is 0 Å². The molecule has 0 aliphatic rings. The summed E-state index contributed by atoms with van der Waals surface area (Å²) in [7, 11) is 1.62. The first-order valence-electron chi connectivity index (χ1n) is 5.90. The summed E-state index contributed by atoms with van der Waals surface area (Å²) in [4.78, 5) is 11.6. The van der Waals surface area contributed by atoms with E-state index < -0.39 is 0 Å². The minimum Gasteiger partial charge on any atom is -0.399 e. The first kappa shape index (κ1) is 14.5. The highest BCUT2D eigenvalue weighted by Gasteiger charge is 2.02. The Morgan fingerprint density at radius 1 is 1.33 bits per heavy atom. The van der Waals surface area contributed by atoms with Gasteiger partial charge in [0, 0.05) is 19.3 Å². The lowest BCUT2D eigenvalue weighted by Gasteiger charge is -2.06. The summed E-state index contributed by atoms with van der Waals surface area (Å²) in [6, 6.07) is 7.32. The van der Waals surface area contributed by atoms with Gasteiger partial charge in [-0.15, -0.1) is 0 Å². The Kier molecular flexibility index (Phi) is 6.83. The van der Waals surface area contributed by atoms with Crippen molar-refractivity contribution in [2.75, 3.05) is 39.2 Å². The largest absolute Gasteiger partial charge is 0.399 e. The molecule has 0 radical (unpaired) electrons. The number of benzene rings is 1. The van der Waals surface area contributed by atoms with Gasteiger partial charge in [-0.2, -0.15) is 0 Å². The number of ether oxygens (including phenoxy) is 2. The predicted octanol–water partition coefficient (Wildman–Crippen LogP) is 0.591. The summed E-state index contributed by atoms with van der Waals surface area (Å²) in [5, 5.41) is 2.78. The lowest BCUT2D eigenvalue weighted by Crippen LogP contribution is -2.29. The maximum absolute atomic E-state index is 11.6. The van der Waals surface area contributed by atoms with Gasteiger partial charge < -0.3 is 20.5 Å². The van der Waals surface area contributed by atoms with Gasteiger partial charge in [0.1, 0.15) is 0 Å². The average Bonchev–Trinajstić information content (AvgIpc) is 2.33. The number of carbonyl (C=O) groups excluding carboxylic acids is 1. The monoisotopic (exact) mass is 252 g/mol. The molecule has 1 amide bonds. The van der Waals surface area contributed by atoms with E-state index in [-0.39, 0.29) is 5.91 Å². The van der Waals surface area contributed by atoms with Crippen molar-refractivity contribution in [1.29, 1.82) is 0 Å². The van der Waals surface area contributed by atoms with Gasteiger partial charge in [-0.25, -0.2) is 0 Å². The standard InChI is InChI=1S/C13H20N2O3/c1-17-7-8-18-6-5-15-13(16)10-11-3-2-4-12(14)9-11/h2-4,9H,5-8,10,14H2,1H3,(H,15,16). The van der Waals surface area contributed by atoms with Crippen LogP contribution in [0.15, 0.2) is 24.3 Å². The summed E-state index contributed by atoms with van der Waals surface area (Å²) in [6.07, 6.45) is 0.336. The zero-order valence-corrected chi connectivity index (χ0v) is 10.6. The molecule has 0 bridgehead atoms. The predicted molar refractivity (Wildman–Crippen MR) is 70.3 cm³/mol. The molecule has 0 saturated carbocycles. The van der Waals surface area contributed by atoms with E-state index in [0.29, 0.717) is 38.5 Å². The van der Waals surface area contributed by atoms with Crippen LogP contribution in [0.5, 0.6) is 0 Å². The van der Waals surface area contributed by atoms with Crippen LogP contribution in [0.2, 0.25) is 0 Å². The van der Waals surface area contributed by atoms with Crippen LogP contribution in [0.3, 0.4) is 0 Å². The molecule has 0 fully saturated rings. The lowest BCUT2D eigenvalue weighted by atomic mass is 10.1. The molecule has 1 rings (SSSR count). The molecule has 1 aromatic carbocycles. The number of nitrogens with one attached hydrogen (secondary N) is 1. The van der Waals surface area contributed by atoms with Crippen LogP contribution in [0.25, 0.3) is 0 Å². The van der Waals surface area contributed by atoms with Crippen LogP contribution >= 0.6 is 0 Å². The second kappa shape index (κ2) is 8.49. The third kappa shape index (κ3) is 6.22. The van der Waals surface area contributed by atoms with Crippen LogP contribution in [-0.2, 0) is 20.7 Å². The van der Waals surface area contributed by atoms with Gasteiger partial charge in [-0.3, -0.25) is 4.79 Å². The van der Waals surface area contributed by atoms with E-state index >= 15 is 0 Å². The van der Waals surface area contributed by atoms with Gasteiger partial charge in [0.05, 0.1) is 26.2 Å². The molecule has 3 N–H and O–H groups in total. The Labute approximate surface area is 107 Å². The maximum atomic E-state index is 11.6. The smallest absolute Gasteiger partial charge is 0.224 e. The summed E-state index contributed by atoms with van der Waals surface area (Å²) < 4.78 is 10.1. The van der Waals surface area contributed by atoms with E-state index in [2.05, 4.69) is 5.32 Å². The molecule has 0 saturated heterocycles. The molecule has 5 heteroatoms. The van der Waals surface area contributed by atoms with Gasteiger partial charge in [-0.1, -0.05) is 12.1 Å². The quantitative estimate of drug-likeness (QED) is 0.524. The topological polar surface area (TPSA) is 73.6 Å². The molecule has 100 valence electrons. The summed E-state index contributed by atoms with van der Waals surface area (Å²) in [6.45, 7) is 2.11. The molecule has 1 aromatic rings. The number of amides is 1. The van der Waals surface area contributed by atoms with Crippen molar-refractivity contribution >= 4 is 11.6 Å². The van der Waals surface area contributed by atoms with Crippen molar-refractivity contribution in [3.05, 3.63) is 29.8 Å². The van der Waals surface area contributed by atoms with E-state index in [1.54, 1.807) is 19.2 Å². The number of methoxy groups -OCH3 is 1. The van der Waals surface area contributed by atoms with Crippen LogP contribution in [0.1, 0.15) is 5.56 Å². The van der Waals surface area contributed by atoms with E-state index in [4.69, 9.17) is 15.2 Å². The van der Waals surface area contributed by atoms with E-state index in [1.165, 1.54) is 0 Å². The summed E-state index contributed by atoms with van der Waals surface area (Å²) in [5.41, 5.74) is 7.22. The highest BCUT2D eigenvalue weighted by atomic mass is 16.5. The van der Waals surface area contributed by atoms with Gasteiger partial charge in [0.25, 0.3) is 0 Å². The number of rotatable bonds is 8. The second-order valence-corrected chi connectivity index (χ2v) is 3.88. The minimum absolute atomic E-state index is 0.0315. The van der Waals surface area contributed by atoms with Crippen molar-refractivity contribution in [2.45, 2.75) is 6.42 Å². The average molecular weight is 252 g/mol. The van der Waals surface area contributed by atoms with Crippen molar-refractivity contribution in [1.82, 2.24) is 5.32 Å². The number of anilines is 1. The molecule has 0 aromatic heterocycles. The first-order chi connectivity index (χ1) is 8.72. The number of carbonyl (C=O) groups is 1. The van der Waals surface area contributed by atoms with E-state index in [0.717, 1.165) is 5.56 Å². The Morgan fingerprint density at radius 2 is 2.17 bits per heavy atom. The first-order valence-corrected chi connectivity index (χ1v) is 5.90. The van der Waals surface area contributed by atoms with Crippen molar-refractivity contribution in [3.8, 4) is 0 Å². The third-order valence-electron chi connectivity index (χ3n) is 2.32. The van der Waals surface area contributed by atoms with Crippen LogP contribution in [0.4, 0.5) is 5.69 Å². The van der Waals surface area contributed by atoms with Crippen molar-refractivity contribution in [2.24, 2.45) is 0 Å². The fraction of sp³-hybridized carbons (Fsp3) is 0.462. The molecule has 0 heterocycles. The van der Waals surface area contributed by atoms with Gasteiger partial charge in [-0.05, 0) is 17.7 Å². The lowest BCUT2D eigenvalue weighted by molar-refractivity contribution is -0.120. The second-order valence-electron chi connectivity index (χ2n) is 3.88. The zero-order chi connectivity index (χ0) is 13.2. The molecule has 18 heavy (non-hydrogen) atoms. The van der Waals surface area contributed by atoms with Gasteiger partial charge in [0.15, 0.2) is 0 Å². The molecular formula is C13H20N2O3. The van der Waals surface area contributed by atoms with Gasteiger partial charge >= 0.3 is 0 Å². The number of hydrogen-bond acceptors (Lipinski definition) is 4. The highest BCUT2D eigenvalue weighted by molar-refractivity contribution is 5.78. The molecule has 0 aliphatic heterocycles. The molecule has 0 aliphatic carbocycles. The van der Waals surface area contributed by atoms with Crippen LogP contribution in [-0.4, -0.2) is 39.4 Å². The SMILES string of the molecule is COCCOCCNC(=O)Cc1cccc(N)c1. The maximum Gasteiger partial charge on any atom is 0.224 e. The molecule has 0 atom stereocenters. The van der Waals surface area contributed by atoms with Gasteiger partial charge in [0.2, 0.25) is 5.91 Å². The summed E-state index contributed by atoms with van der Waals surface area (Å²) in [5.74, 6) is -0.0315. The fourth-order valence-corrected chi connectivity index (χ4v) is 1.46. The Bertz CT molecular complexity index is 369. The van der Waals surface area contributed by atoms with Crippen LogP contribution in [0, 0.1) is 0 Å². The number of nitrogens with two attached hydrogens (primary N) is 1. The molecule has 0 unspecified atom stereocenters. The Hall–Kier alpha value is -1.59.